The molecule has 0 N–H and O–H groups in total. The van der Waals surface area contributed by atoms with Gasteiger partial charge in [0.05, 0.1) is 24.6 Å². The first-order chi connectivity index (χ1) is 13.5. The number of aromatic nitrogens is 1. The predicted molar refractivity (Wildman–Crippen MR) is 104 cm³/mol. The molecule has 150 valence electrons. The van der Waals surface area contributed by atoms with Crippen LogP contribution in [0.2, 0.25) is 0 Å². The van der Waals surface area contributed by atoms with Crippen LogP contribution in [-0.4, -0.2) is 28.7 Å². The van der Waals surface area contributed by atoms with Gasteiger partial charge in [-0.15, -0.1) is 0 Å². The van der Waals surface area contributed by atoms with E-state index in [1.807, 2.05) is 0 Å². The first-order valence-electron chi connectivity index (χ1n) is 8.32. The van der Waals surface area contributed by atoms with Gasteiger partial charge in [-0.2, -0.15) is 18.4 Å². The number of hydrogen-bond acceptors (Lipinski definition) is 5. The molecule has 1 aromatic carbocycles. The molecule has 1 amide bonds. The summed E-state index contributed by atoms with van der Waals surface area (Å²) in [6.07, 6.45) is -3.77. The van der Waals surface area contributed by atoms with Crippen molar-refractivity contribution in [2.24, 2.45) is 0 Å². The number of methoxy groups -OCH3 is 1. The van der Waals surface area contributed by atoms with Crippen LogP contribution in [0.3, 0.4) is 0 Å². The maximum Gasteiger partial charge on any atom is 0.419 e. The zero-order valence-electron chi connectivity index (χ0n) is 15.6. The van der Waals surface area contributed by atoms with E-state index in [0.29, 0.717) is 17.5 Å². The van der Waals surface area contributed by atoms with E-state index < -0.39 is 28.9 Å². The number of alkyl halides is 3. The van der Waals surface area contributed by atoms with E-state index in [-0.39, 0.29) is 10.8 Å². The number of nitrogens with zero attached hydrogens (tertiary/aromatic N) is 4. The van der Waals surface area contributed by atoms with E-state index in [1.165, 1.54) is 13.2 Å². The Morgan fingerprint density at radius 2 is 1.83 bits per heavy atom. The Morgan fingerprint density at radius 3 is 2.34 bits per heavy atom. The number of benzene rings is 1. The highest BCUT2D eigenvalue weighted by Crippen LogP contribution is 2.39. The summed E-state index contributed by atoms with van der Waals surface area (Å²) in [6.45, 7) is 3.24. The number of ether oxygens (including phenoxy) is 1. The monoisotopic (exact) mass is 420 g/mol. The van der Waals surface area contributed by atoms with E-state index in [4.69, 9.17) is 22.2 Å². The number of nitriles is 1. The van der Waals surface area contributed by atoms with Gasteiger partial charge in [-0.1, -0.05) is 0 Å². The van der Waals surface area contributed by atoms with E-state index in [9.17, 15) is 18.0 Å². The summed E-state index contributed by atoms with van der Waals surface area (Å²) in [4.78, 5) is 19.2. The van der Waals surface area contributed by atoms with Crippen molar-refractivity contribution in [3.8, 4) is 11.8 Å². The van der Waals surface area contributed by atoms with Crippen LogP contribution in [0.25, 0.3) is 0 Å². The van der Waals surface area contributed by atoms with Gasteiger partial charge in [-0.05, 0) is 56.4 Å². The number of rotatable bonds is 3. The highest BCUT2D eigenvalue weighted by Gasteiger charge is 2.50. The fourth-order valence-electron chi connectivity index (χ4n) is 3.07. The second kappa shape index (κ2) is 7.00. The topological polar surface area (TPSA) is 69.5 Å². The van der Waals surface area contributed by atoms with E-state index in [2.05, 4.69) is 4.98 Å². The number of halogens is 3. The molecule has 2 heterocycles. The molecule has 1 aliphatic rings. The number of carbonyl (C=O) groups is 1. The van der Waals surface area contributed by atoms with Gasteiger partial charge in [0.15, 0.2) is 10.8 Å². The minimum atomic E-state index is -4.80. The Labute approximate surface area is 170 Å². The number of pyridine rings is 1. The molecule has 0 atom stereocenters. The van der Waals surface area contributed by atoms with Crippen molar-refractivity contribution < 1.29 is 22.7 Å². The Hall–Kier alpha value is -3.19. The zero-order valence-corrected chi connectivity index (χ0v) is 16.4. The molecule has 0 bridgehead atoms. The van der Waals surface area contributed by atoms with Gasteiger partial charge in [0.2, 0.25) is 0 Å². The van der Waals surface area contributed by atoms with Crippen molar-refractivity contribution in [2.75, 3.05) is 16.9 Å². The van der Waals surface area contributed by atoms with Crippen molar-refractivity contribution >= 4 is 34.6 Å². The minimum Gasteiger partial charge on any atom is -0.497 e. The molecular weight excluding hydrogens is 405 g/mol. The lowest BCUT2D eigenvalue weighted by molar-refractivity contribution is -0.138. The third kappa shape index (κ3) is 3.38. The van der Waals surface area contributed by atoms with Gasteiger partial charge in [-0.25, -0.2) is 4.98 Å². The van der Waals surface area contributed by atoms with E-state index >= 15 is 0 Å². The number of thiocarbonyl (C=S) groups is 1. The second-order valence-electron chi connectivity index (χ2n) is 6.71. The Balaban J connectivity index is 2.09. The van der Waals surface area contributed by atoms with Crippen molar-refractivity contribution in [2.45, 2.75) is 25.6 Å². The highest BCUT2D eigenvalue weighted by molar-refractivity contribution is 7.81. The number of amides is 1. The summed E-state index contributed by atoms with van der Waals surface area (Å²) in [5.74, 6) is 0.0870. The summed E-state index contributed by atoms with van der Waals surface area (Å²) < 4.78 is 45.1. The molecule has 0 saturated carbocycles. The Bertz CT molecular complexity index is 1030. The molecule has 10 heteroatoms. The number of anilines is 2. The molecule has 2 aromatic rings. The van der Waals surface area contributed by atoms with Crippen molar-refractivity contribution in [1.29, 1.82) is 5.26 Å². The highest BCUT2D eigenvalue weighted by atomic mass is 32.1. The van der Waals surface area contributed by atoms with Crippen LogP contribution < -0.4 is 14.5 Å². The van der Waals surface area contributed by atoms with Gasteiger partial charge in [0.25, 0.3) is 5.91 Å². The van der Waals surface area contributed by atoms with Crippen LogP contribution in [-0.2, 0) is 11.0 Å². The zero-order chi connectivity index (χ0) is 21.6. The lowest BCUT2D eigenvalue weighted by Gasteiger charge is -2.29. The van der Waals surface area contributed by atoms with Crippen molar-refractivity contribution in [1.82, 2.24) is 4.98 Å². The van der Waals surface area contributed by atoms with Gasteiger partial charge in [0, 0.05) is 5.69 Å². The van der Waals surface area contributed by atoms with Crippen LogP contribution in [0.5, 0.6) is 5.75 Å². The molecule has 29 heavy (non-hydrogen) atoms. The molecule has 0 radical (unpaired) electrons. The smallest absolute Gasteiger partial charge is 0.419 e. The van der Waals surface area contributed by atoms with Gasteiger partial charge < -0.3 is 9.64 Å². The molecule has 6 nitrogen and oxygen atoms in total. The van der Waals surface area contributed by atoms with Crippen LogP contribution in [0.15, 0.2) is 36.5 Å². The van der Waals surface area contributed by atoms with Crippen LogP contribution >= 0.6 is 12.2 Å². The molecule has 1 saturated heterocycles. The van der Waals surface area contributed by atoms with E-state index in [1.54, 1.807) is 43.0 Å². The Kier molecular flexibility index (Phi) is 4.96. The molecule has 1 aliphatic heterocycles. The number of hydrogen-bond donors (Lipinski definition) is 0. The van der Waals surface area contributed by atoms with Crippen LogP contribution in [0.4, 0.5) is 24.5 Å². The molecule has 1 aromatic heterocycles. The lowest BCUT2D eigenvalue weighted by atomic mass is 10.0. The summed E-state index contributed by atoms with van der Waals surface area (Å²) >= 11 is 5.44. The second-order valence-corrected chi connectivity index (χ2v) is 7.08. The first-order valence-corrected chi connectivity index (χ1v) is 8.73. The molecule has 0 unspecified atom stereocenters. The third-order valence-corrected chi connectivity index (χ3v) is 4.91. The largest absolute Gasteiger partial charge is 0.497 e. The lowest BCUT2D eigenvalue weighted by Crippen LogP contribution is -2.44. The third-order valence-electron chi connectivity index (χ3n) is 4.54. The quantitative estimate of drug-likeness (QED) is 0.702. The van der Waals surface area contributed by atoms with Crippen molar-refractivity contribution in [3.63, 3.8) is 0 Å². The molecule has 0 aliphatic carbocycles. The van der Waals surface area contributed by atoms with Gasteiger partial charge in [-0.3, -0.25) is 9.69 Å². The summed E-state index contributed by atoms with van der Waals surface area (Å²) in [7, 11) is 1.51. The maximum atomic E-state index is 13.3. The number of carbonyl (C=O) groups excluding carboxylic acids is 1. The summed E-state index contributed by atoms with van der Waals surface area (Å²) in [5.41, 5.74) is -2.73. The van der Waals surface area contributed by atoms with Crippen LogP contribution in [0, 0.1) is 11.3 Å². The predicted octanol–water partition coefficient (Wildman–Crippen LogP) is 3.90. The average molecular weight is 420 g/mol. The maximum absolute atomic E-state index is 13.3. The Morgan fingerprint density at radius 1 is 1.21 bits per heavy atom. The van der Waals surface area contributed by atoms with E-state index in [0.717, 1.165) is 11.1 Å². The normalized spacial score (nSPS) is 16.2. The SMILES string of the molecule is COc1ccc(N2C(=S)N(c3cnc(C#N)c(C(F)(F)F)c3)C(=O)C2(C)C)cc1. The average Bonchev–Trinajstić information content (AvgIpc) is 2.85. The molecule has 3 rings (SSSR count). The molecule has 1 fully saturated rings. The summed E-state index contributed by atoms with van der Waals surface area (Å²) in [5, 5.41) is 8.93. The first kappa shape index (κ1) is 20.5. The fraction of sp³-hybridized carbons (Fsp3) is 0.263. The van der Waals surface area contributed by atoms with Gasteiger partial charge in [0.1, 0.15) is 17.4 Å². The van der Waals surface area contributed by atoms with Crippen molar-refractivity contribution in [3.05, 3.63) is 47.8 Å². The van der Waals surface area contributed by atoms with Crippen LogP contribution in [0.1, 0.15) is 25.1 Å². The standard InChI is InChI=1S/C19H15F3N4O2S/c1-18(2)16(27)25(12-8-14(19(20,21)22)15(9-23)24-10-12)17(29)26(18)11-4-6-13(28-3)7-5-11/h4-8,10H,1-3H3. The molecular formula is C19H15F3N4O2S. The van der Waals surface area contributed by atoms with Gasteiger partial charge >= 0.3 is 6.18 Å². The summed E-state index contributed by atoms with van der Waals surface area (Å²) in [6, 6.07) is 8.89. The minimum absolute atomic E-state index is 0.00444. The molecule has 0 spiro atoms. The fourth-order valence-corrected chi connectivity index (χ4v) is 3.59.